The first kappa shape index (κ1) is 10.4. The molecule has 0 radical (unpaired) electrons. The summed E-state index contributed by atoms with van der Waals surface area (Å²) in [5.74, 6) is -0.276. The molecule has 6 nitrogen and oxygen atoms in total. The van der Waals surface area contributed by atoms with Crippen molar-refractivity contribution in [3.05, 3.63) is 29.3 Å². The lowest BCUT2D eigenvalue weighted by atomic mass is 10.3. The van der Waals surface area contributed by atoms with Crippen LogP contribution in [0, 0.1) is 0 Å². The van der Waals surface area contributed by atoms with Crippen molar-refractivity contribution >= 4 is 33.1 Å². The fourth-order valence-corrected chi connectivity index (χ4v) is 2.18. The lowest BCUT2D eigenvalue weighted by molar-refractivity contribution is 0.314. The number of rotatable bonds is 2. The summed E-state index contributed by atoms with van der Waals surface area (Å²) < 4.78 is 0.935. The van der Waals surface area contributed by atoms with Gasteiger partial charge >= 0.3 is 0 Å². The zero-order valence-corrected chi connectivity index (χ0v) is 8.85. The Labute approximate surface area is 94.3 Å². The van der Waals surface area contributed by atoms with Crippen LogP contribution in [0.5, 0.6) is 0 Å². The van der Waals surface area contributed by atoms with E-state index in [4.69, 9.17) is 16.1 Å². The number of nitrogens with two attached hydrogens (primary N) is 1. The Morgan fingerprint density at radius 3 is 2.62 bits per heavy atom. The van der Waals surface area contributed by atoms with Crippen LogP contribution in [0.15, 0.2) is 34.6 Å². The zero-order valence-electron chi connectivity index (χ0n) is 8.03. The van der Waals surface area contributed by atoms with Crippen molar-refractivity contribution in [1.29, 1.82) is 0 Å². The Morgan fingerprint density at radius 2 is 2.00 bits per heavy atom. The van der Waals surface area contributed by atoms with Gasteiger partial charge in [-0.1, -0.05) is 22.4 Å². The number of amidine groups is 1. The minimum Gasteiger partial charge on any atom is -0.410 e. The monoisotopic (exact) mass is 236 g/mol. The van der Waals surface area contributed by atoms with Gasteiger partial charge in [0.25, 0.3) is 0 Å². The topological polar surface area (TPSA) is 104 Å². The number of hydrogen-bond donors (Lipinski definition) is 3. The molecule has 0 aliphatic rings. The molecule has 16 heavy (non-hydrogen) atoms. The molecule has 0 spiro atoms. The first-order valence-corrected chi connectivity index (χ1v) is 5.14. The van der Waals surface area contributed by atoms with E-state index in [9.17, 15) is 0 Å². The molecular weight excluding hydrogens is 228 g/mol. The number of benzene rings is 1. The molecule has 0 unspecified atom stereocenters. The van der Waals surface area contributed by atoms with Crippen LogP contribution < -0.4 is 5.73 Å². The van der Waals surface area contributed by atoms with Crippen LogP contribution in [-0.2, 0) is 0 Å². The Balaban J connectivity index is 2.55. The fourth-order valence-electron chi connectivity index (χ4n) is 1.22. The molecule has 82 valence electrons. The lowest BCUT2D eigenvalue weighted by Gasteiger charge is -1.95. The summed E-state index contributed by atoms with van der Waals surface area (Å²) in [4.78, 5) is 4.21. The molecule has 2 aromatic rings. The number of fused-ring (bicyclic) bond motifs is 1. The number of oxime groups is 2. The van der Waals surface area contributed by atoms with E-state index in [-0.39, 0.29) is 11.5 Å². The van der Waals surface area contributed by atoms with Gasteiger partial charge in [-0.3, -0.25) is 0 Å². The third-order valence-corrected chi connectivity index (χ3v) is 2.99. The largest absolute Gasteiger partial charge is 0.410 e. The molecular formula is C9H8N4O2S. The SMILES string of the molecule is NC(=N/O)/C(=N/O)c1nc2ccccc2s1. The molecule has 0 saturated carbocycles. The molecule has 0 atom stereocenters. The summed E-state index contributed by atoms with van der Waals surface area (Å²) in [5, 5.41) is 23.5. The van der Waals surface area contributed by atoms with Crippen molar-refractivity contribution in [2.45, 2.75) is 0 Å². The molecule has 2 rings (SSSR count). The smallest absolute Gasteiger partial charge is 0.195 e. The van der Waals surface area contributed by atoms with Crippen LogP contribution in [0.4, 0.5) is 0 Å². The minimum absolute atomic E-state index is 0.0382. The van der Waals surface area contributed by atoms with E-state index < -0.39 is 0 Å². The van der Waals surface area contributed by atoms with Crippen molar-refractivity contribution < 1.29 is 10.4 Å². The number of thiazole rings is 1. The molecule has 1 heterocycles. The number of hydrogen-bond acceptors (Lipinski definition) is 6. The van der Waals surface area contributed by atoms with Crippen LogP contribution in [-0.4, -0.2) is 26.9 Å². The highest BCUT2D eigenvalue weighted by molar-refractivity contribution is 7.21. The van der Waals surface area contributed by atoms with Gasteiger partial charge in [-0.2, -0.15) is 0 Å². The quantitative estimate of drug-likeness (QED) is 0.315. The van der Waals surface area contributed by atoms with Gasteiger partial charge in [0, 0.05) is 0 Å². The van der Waals surface area contributed by atoms with Gasteiger partial charge in [-0.05, 0) is 12.1 Å². The highest BCUT2D eigenvalue weighted by atomic mass is 32.1. The first-order valence-electron chi connectivity index (χ1n) is 4.32. The maximum atomic E-state index is 8.79. The Kier molecular flexibility index (Phi) is 2.69. The number of nitrogens with zero attached hydrogens (tertiary/aromatic N) is 3. The second-order valence-electron chi connectivity index (χ2n) is 2.92. The van der Waals surface area contributed by atoms with Crippen molar-refractivity contribution in [2.75, 3.05) is 0 Å². The molecule has 4 N–H and O–H groups in total. The van der Waals surface area contributed by atoms with Crippen molar-refractivity contribution in [3.8, 4) is 0 Å². The molecule has 0 saturated heterocycles. The van der Waals surface area contributed by atoms with Crippen LogP contribution in [0.3, 0.4) is 0 Å². The van der Waals surface area contributed by atoms with E-state index in [0.29, 0.717) is 5.01 Å². The molecule has 1 aromatic carbocycles. The van der Waals surface area contributed by atoms with E-state index in [1.165, 1.54) is 11.3 Å². The molecule has 0 bridgehead atoms. The van der Waals surface area contributed by atoms with Gasteiger partial charge in [0.05, 0.1) is 10.2 Å². The Bertz CT molecular complexity index is 543. The average molecular weight is 236 g/mol. The standard InChI is InChI=1S/C9H8N4O2S/c10-8(13-15)7(12-14)9-11-5-3-1-2-4-6(5)16-9/h1-4,14-15H,(H2,10,13)/b12-7-. The van der Waals surface area contributed by atoms with Gasteiger partial charge in [-0.25, -0.2) is 4.98 Å². The Hall–Kier alpha value is -2.15. The fraction of sp³-hybridized carbons (Fsp3) is 0. The van der Waals surface area contributed by atoms with E-state index >= 15 is 0 Å². The normalized spacial score (nSPS) is 13.2. The molecule has 0 aliphatic carbocycles. The first-order chi connectivity index (χ1) is 7.76. The summed E-state index contributed by atoms with van der Waals surface area (Å²) in [6, 6.07) is 7.45. The highest BCUT2D eigenvalue weighted by Gasteiger charge is 2.15. The number of para-hydroxylation sites is 1. The predicted octanol–water partition coefficient (Wildman–Crippen LogP) is 1.22. The van der Waals surface area contributed by atoms with Gasteiger partial charge in [0.15, 0.2) is 16.6 Å². The van der Waals surface area contributed by atoms with Crippen molar-refractivity contribution in [1.82, 2.24) is 4.98 Å². The summed E-state index contributed by atoms with van der Waals surface area (Å²) in [5.41, 5.74) is 6.09. The average Bonchev–Trinajstić information content (AvgIpc) is 2.72. The van der Waals surface area contributed by atoms with E-state index in [2.05, 4.69) is 15.3 Å². The molecule has 7 heteroatoms. The number of aromatic nitrogens is 1. The van der Waals surface area contributed by atoms with Crippen LogP contribution >= 0.6 is 11.3 Å². The van der Waals surface area contributed by atoms with E-state index in [1.54, 1.807) is 0 Å². The van der Waals surface area contributed by atoms with E-state index in [0.717, 1.165) is 10.2 Å². The second kappa shape index (κ2) is 4.15. The maximum Gasteiger partial charge on any atom is 0.195 e. The van der Waals surface area contributed by atoms with Crippen LogP contribution in [0.1, 0.15) is 5.01 Å². The maximum absolute atomic E-state index is 8.79. The summed E-state index contributed by atoms with van der Waals surface area (Å²) >= 11 is 1.30. The van der Waals surface area contributed by atoms with Crippen LogP contribution in [0.25, 0.3) is 10.2 Å². The third-order valence-electron chi connectivity index (χ3n) is 1.95. The minimum atomic E-state index is -0.276. The van der Waals surface area contributed by atoms with Gasteiger partial charge in [0.2, 0.25) is 0 Å². The van der Waals surface area contributed by atoms with Gasteiger partial charge in [0.1, 0.15) is 0 Å². The van der Waals surface area contributed by atoms with Crippen molar-refractivity contribution in [2.24, 2.45) is 16.0 Å². The highest BCUT2D eigenvalue weighted by Crippen LogP contribution is 2.22. The third kappa shape index (κ3) is 1.68. The summed E-state index contributed by atoms with van der Waals surface area (Å²) in [6.07, 6.45) is 0. The molecule has 0 fully saturated rings. The zero-order chi connectivity index (χ0) is 11.5. The molecule has 0 aliphatic heterocycles. The van der Waals surface area contributed by atoms with E-state index in [1.807, 2.05) is 24.3 Å². The summed E-state index contributed by atoms with van der Waals surface area (Å²) in [6.45, 7) is 0. The lowest BCUT2D eigenvalue weighted by Crippen LogP contribution is -2.24. The Morgan fingerprint density at radius 1 is 1.25 bits per heavy atom. The van der Waals surface area contributed by atoms with Gasteiger partial charge in [-0.15, -0.1) is 11.3 Å². The molecule has 0 amide bonds. The van der Waals surface area contributed by atoms with Crippen LogP contribution in [0.2, 0.25) is 0 Å². The predicted molar refractivity (Wildman–Crippen MR) is 61.4 cm³/mol. The van der Waals surface area contributed by atoms with Crippen molar-refractivity contribution in [3.63, 3.8) is 0 Å². The molecule has 1 aromatic heterocycles. The summed E-state index contributed by atoms with van der Waals surface area (Å²) in [7, 11) is 0. The van der Waals surface area contributed by atoms with Gasteiger partial charge < -0.3 is 16.1 Å². The second-order valence-corrected chi connectivity index (χ2v) is 3.95.